The number of amides is 1. The van der Waals surface area contributed by atoms with Gasteiger partial charge in [0.25, 0.3) is 5.56 Å². The summed E-state index contributed by atoms with van der Waals surface area (Å²) in [4.78, 5) is 25.2. The molecule has 26 heavy (non-hydrogen) atoms. The van der Waals surface area contributed by atoms with Crippen LogP contribution in [-0.2, 0) is 26.6 Å². The Hall–Kier alpha value is -2.14. The highest BCUT2D eigenvalue weighted by Gasteiger charge is 2.31. The predicted octanol–water partition coefficient (Wildman–Crippen LogP) is 2.71. The quantitative estimate of drug-likeness (QED) is 0.728. The van der Waals surface area contributed by atoms with Crippen molar-refractivity contribution in [2.75, 3.05) is 11.1 Å². The van der Waals surface area contributed by atoms with Crippen molar-refractivity contribution in [2.24, 2.45) is 0 Å². The van der Waals surface area contributed by atoms with E-state index >= 15 is 0 Å². The topological polar surface area (TPSA) is 96.1 Å². The van der Waals surface area contributed by atoms with E-state index in [1.807, 2.05) is 10.3 Å². The van der Waals surface area contributed by atoms with Crippen LogP contribution in [0.1, 0.15) is 11.1 Å². The summed E-state index contributed by atoms with van der Waals surface area (Å²) in [6.45, 7) is 0. The molecule has 0 saturated heterocycles. The molecular formula is C15H12BrF3N2O4S. The van der Waals surface area contributed by atoms with Crippen LogP contribution < -0.4 is 10.9 Å². The van der Waals surface area contributed by atoms with Crippen LogP contribution >= 0.6 is 15.9 Å². The highest BCUT2D eigenvalue weighted by atomic mass is 79.9. The summed E-state index contributed by atoms with van der Waals surface area (Å²) in [5.41, 5.74) is -2.39. The predicted molar refractivity (Wildman–Crippen MR) is 92.3 cm³/mol. The summed E-state index contributed by atoms with van der Waals surface area (Å²) in [5, 5.41) is 1.90. The zero-order valence-corrected chi connectivity index (χ0v) is 15.3. The van der Waals surface area contributed by atoms with Crippen molar-refractivity contribution in [1.82, 2.24) is 4.98 Å². The van der Waals surface area contributed by atoms with E-state index in [2.05, 4.69) is 15.9 Å². The zero-order valence-electron chi connectivity index (χ0n) is 12.9. The maximum absolute atomic E-state index is 12.6. The zero-order chi connectivity index (χ0) is 19.5. The van der Waals surface area contributed by atoms with Gasteiger partial charge < -0.3 is 10.3 Å². The molecule has 0 unspecified atom stereocenters. The summed E-state index contributed by atoms with van der Waals surface area (Å²) in [6.07, 6.45) is -4.26. The number of sulfone groups is 1. The monoisotopic (exact) mass is 452 g/mol. The lowest BCUT2D eigenvalue weighted by Crippen LogP contribution is -2.27. The van der Waals surface area contributed by atoms with Gasteiger partial charge in [-0.1, -0.05) is 28.1 Å². The van der Waals surface area contributed by atoms with Gasteiger partial charge in [0.15, 0.2) is 9.84 Å². The number of halogens is 4. The van der Waals surface area contributed by atoms with Gasteiger partial charge in [-0.15, -0.1) is 0 Å². The highest BCUT2D eigenvalue weighted by molar-refractivity contribution is 9.10. The van der Waals surface area contributed by atoms with Crippen molar-refractivity contribution in [3.63, 3.8) is 0 Å². The molecule has 2 rings (SSSR count). The van der Waals surface area contributed by atoms with Crippen molar-refractivity contribution in [2.45, 2.75) is 11.9 Å². The van der Waals surface area contributed by atoms with Crippen LogP contribution in [0.2, 0.25) is 0 Å². The van der Waals surface area contributed by atoms with Gasteiger partial charge in [-0.05, 0) is 23.8 Å². The lowest BCUT2D eigenvalue weighted by molar-refractivity contribution is -0.137. The summed E-state index contributed by atoms with van der Waals surface area (Å²) in [5.74, 6) is -2.50. The fraction of sp³-hybridized carbons (Fsp3) is 0.200. The third-order valence-electron chi connectivity index (χ3n) is 3.16. The molecule has 0 bridgehead atoms. The molecule has 0 radical (unpaired) electrons. The minimum absolute atomic E-state index is 0.424. The van der Waals surface area contributed by atoms with Crippen molar-refractivity contribution < 1.29 is 26.4 Å². The Balaban J connectivity index is 2.10. The second-order valence-electron chi connectivity index (χ2n) is 5.34. The number of aromatic nitrogens is 1. The number of carbonyl (C=O) groups excluding carboxylic acids is 1. The molecule has 0 fully saturated rings. The van der Waals surface area contributed by atoms with Crippen LogP contribution in [0.25, 0.3) is 0 Å². The normalized spacial score (nSPS) is 12.0. The van der Waals surface area contributed by atoms with Crippen molar-refractivity contribution in [3.8, 4) is 0 Å². The second kappa shape index (κ2) is 7.62. The molecule has 1 aromatic heterocycles. The van der Waals surface area contributed by atoms with Crippen molar-refractivity contribution in [1.29, 1.82) is 0 Å². The maximum Gasteiger partial charge on any atom is 0.417 e. The first-order valence-corrected chi connectivity index (χ1v) is 9.62. The standard InChI is InChI=1S/C15H12BrF3N2O4S/c16-11-3-1-9(2-4-11)7-26(24,25)8-13(22)21-12-5-10(15(17,18)19)6-20-14(12)23/h1-6H,7-8H2,(H,20,23)(H,21,22). The Morgan fingerprint density at radius 1 is 1.19 bits per heavy atom. The maximum atomic E-state index is 12.6. The molecule has 1 aromatic carbocycles. The third kappa shape index (κ3) is 5.70. The van der Waals surface area contributed by atoms with E-state index in [9.17, 15) is 31.2 Å². The summed E-state index contributed by atoms with van der Waals surface area (Å²) in [6, 6.07) is 6.81. The van der Waals surface area contributed by atoms with Crippen LogP contribution in [0.4, 0.5) is 18.9 Å². The van der Waals surface area contributed by atoms with Gasteiger partial charge in [-0.2, -0.15) is 13.2 Å². The average molecular weight is 453 g/mol. The lowest BCUT2D eigenvalue weighted by atomic mass is 10.2. The third-order valence-corrected chi connectivity index (χ3v) is 5.16. The van der Waals surface area contributed by atoms with Crippen LogP contribution in [0.3, 0.4) is 0 Å². The SMILES string of the molecule is O=C(CS(=O)(=O)Cc1ccc(Br)cc1)Nc1cc(C(F)(F)F)c[nH]c1=O. The van der Waals surface area contributed by atoms with Gasteiger partial charge >= 0.3 is 6.18 Å². The molecule has 1 amide bonds. The molecule has 0 aliphatic rings. The number of anilines is 1. The molecule has 0 atom stereocenters. The van der Waals surface area contributed by atoms with E-state index in [0.29, 0.717) is 17.8 Å². The molecule has 0 aliphatic carbocycles. The Bertz CT molecular complexity index is 970. The molecule has 2 N–H and O–H groups in total. The molecule has 0 saturated carbocycles. The van der Waals surface area contributed by atoms with E-state index in [4.69, 9.17) is 0 Å². The first kappa shape index (κ1) is 20.2. The Morgan fingerprint density at radius 2 is 1.81 bits per heavy atom. The molecule has 140 valence electrons. The number of pyridine rings is 1. The summed E-state index contributed by atoms with van der Waals surface area (Å²) >= 11 is 3.20. The number of hydrogen-bond acceptors (Lipinski definition) is 4. The first-order valence-electron chi connectivity index (χ1n) is 7.01. The lowest BCUT2D eigenvalue weighted by Gasteiger charge is -2.09. The molecule has 0 spiro atoms. The molecular weight excluding hydrogens is 441 g/mol. The first-order chi connectivity index (χ1) is 12.0. The molecule has 0 aliphatic heterocycles. The van der Waals surface area contributed by atoms with Gasteiger partial charge in [-0.25, -0.2) is 8.42 Å². The van der Waals surface area contributed by atoms with Gasteiger partial charge in [-0.3, -0.25) is 9.59 Å². The second-order valence-corrected chi connectivity index (χ2v) is 8.32. The van der Waals surface area contributed by atoms with Crippen LogP contribution in [0.15, 0.2) is 45.8 Å². The average Bonchev–Trinajstić information content (AvgIpc) is 2.49. The highest BCUT2D eigenvalue weighted by Crippen LogP contribution is 2.29. The summed E-state index contributed by atoms with van der Waals surface area (Å²) in [7, 11) is -3.88. The number of nitrogens with one attached hydrogen (secondary N) is 2. The Labute approximate surface area is 154 Å². The summed E-state index contributed by atoms with van der Waals surface area (Å²) < 4.78 is 62.8. The molecule has 1 heterocycles. The number of alkyl halides is 3. The number of benzene rings is 1. The van der Waals surface area contributed by atoms with E-state index < -0.39 is 50.2 Å². The molecule has 2 aromatic rings. The van der Waals surface area contributed by atoms with Crippen molar-refractivity contribution in [3.05, 3.63) is 62.5 Å². The number of aromatic amines is 1. The van der Waals surface area contributed by atoms with Crippen LogP contribution in [-0.4, -0.2) is 25.1 Å². The van der Waals surface area contributed by atoms with E-state index in [1.165, 1.54) is 0 Å². The van der Waals surface area contributed by atoms with Crippen molar-refractivity contribution >= 4 is 37.4 Å². The largest absolute Gasteiger partial charge is 0.417 e. The Morgan fingerprint density at radius 3 is 2.38 bits per heavy atom. The van der Waals surface area contributed by atoms with Crippen LogP contribution in [0, 0.1) is 0 Å². The number of H-pyrrole nitrogens is 1. The molecule has 11 heteroatoms. The van der Waals surface area contributed by atoms with Gasteiger partial charge in [0, 0.05) is 10.7 Å². The smallest absolute Gasteiger partial charge is 0.327 e. The fourth-order valence-electron chi connectivity index (χ4n) is 2.01. The minimum Gasteiger partial charge on any atom is -0.327 e. The van der Waals surface area contributed by atoms with E-state index in [-0.39, 0.29) is 0 Å². The minimum atomic E-state index is -4.72. The fourth-order valence-corrected chi connectivity index (χ4v) is 3.55. The van der Waals surface area contributed by atoms with Gasteiger partial charge in [0.2, 0.25) is 5.91 Å². The van der Waals surface area contributed by atoms with E-state index in [0.717, 1.165) is 4.47 Å². The number of carbonyl (C=O) groups is 1. The van der Waals surface area contributed by atoms with Gasteiger partial charge in [0.1, 0.15) is 11.4 Å². The number of hydrogen-bond donors (Lipinski definition) is 2. The van der Waals surface area contributed by atoms with Crippen LogP contribution in [0.5, 0.6) is 0 Å². The number of rotatable bonds is 5. The Kier molecular flexibility index (Phi) is 5.91. The van der Waals surface area contributed by atoms with E-state index in [1.54, 1.807) is 24.3 Å². The van der Waals surface area contributed by atoms with Gasteiger partial charge in [0.05, 0.1) is 11.3 Å². The molecule has 6 nitrogen and oxygen atoms in total.